The molecule has 0 radical (unpaired) electrons. The van der Waals surface area contributed by atoms with Gasteiger partial charge in [-0.3, -0.25) is 5.41 Å². The van der Waals surface area contributed by atoms with Crippen LogP contribution < -0.4 is 10.5 Å². The zero-order valence-electron chi connectivity index (χ0n) is 16.5. The molecule has 0 atom stereocenters. The molecule has 156 valence electrons. The first-order chi connectivity index (χ1) is 14.2. The molecule has 2 aromatic carbocycles. The molecule has 4 aromatic rings. The minimum atomic E-state index is -3.48. The summed E-state index contributed by atoms with van der Waals surface area (Å²) < 4.78 is 27.4. The van der Waals surface area contributed by atoms with E-state index in [1.54, 1.807) is 12.1 Å². The average molecular weight is 427 g/mol. The molecule has 0 spiro atoms. The maximum Gasteiger partial charge on any atom is 0.279 e. The van der Waals surface area contributed by atoms with Crippen molar-refractivity contribution in [3.05, 3.63) is 59.2 Å². The highest BCUT2D eigenvalue weighted by molar-refractivity contribution is 7.87. The largest absolute Gasteiger partial charge is 0.384 e. The second-order valence-electron chi connectivity index (χ2n) is 7.15. The van der Waals surface area contributed by atoms with Gasteiger partial charge in [-0.25, -0.2) is 9.97 Å². The van der Waals surface area contributed by atoms with Gasteiger partial charge >= 0.3 is 0 Å². The first-order valence-electron chi connectivity index (χ1n) is 9.19. The summed E-state index contributed by atoms with van der Waals surface area (Å²) in [5.41, 5.74) is 10.2. The topological polar surface area (TPSA) is 157 Å². The lowest BCUT2D eigenvalue weighted by atomic mass is 10.2. The number of hydrogen-bond donors (Lipinski definition) is 5. The molecule has 0 aliphatic heterocycles. The Bertz CT molecular complexity index is 1350. The molecule has 10 nitrogen and oxygen atoms in total. The normalized spacial score (nSPS) is 12.2. The molecule has 0 saturated carbocycles. The Morgan fingerprint density at radius 2 is 1.67 bits per heavy atom. The van der Waals surface area contributed by atoms with Crippen molar-refractivity contribution in [3.8, 4) is 0 Å². The predicted molar refractivity (Wildman–Crippen MR) is 115 cm³/mol. The third-order valence-electron chi connectivity index (χ3n) is 4.71. The van der Waals surface area contributed by atoms with Crippen molar-refractivity contribution in [2.45, 2.75) is 13.0 Å². The molecule has 0 saturated heterocycles. The maximum atomic E-state index is 11.9. The summed E-state index contributed by atoms with van der Waals surface area (Å²) in [7, 11) is -0.532. The Labute approximate surface area is 173 Å². The van der Waals surface area contributed by atoms with Crippen LogP contribution in [-0.4, -0.2) is 52.6 Å². The second-order valence-corrected chi connectivity index (χ2v) is 9.12. The number of benzene rings is 2. The molecule has 11 heteroatoms. The number of nitrogens with one attached hydrogen (secondary N) is 4. The highest BCUT2D eigenvalue weighted by atomic mass is 32.2. The van der Waals surface area contributed by atoms with Crippen LogP contribution in [0.2, 0.25) is 0 Å². The van der Waals surface area contributed by atoms with Gasteiger partial charge in [-0.05, 0) is 35.9 Å². The number of amidine groups is 1. The fraction of sp³-hybridized carbons (Fsp3) is 0.211. The highest BCUT2D eigenvalue weighted by Crippen LogP contribution is 2.18. The third kappa shape index (κ3) is 4.03. The number of fused-ring (bicyclic) bond motifs is 2. The Morgan fingerprint density at radius 1 is 1.07 bits per heavy atom. The SMILES string of the molecule is CN(C)S(=O)(=O)NCc1ccc2[nH]c(Cc3nc4cc(C(=N)N)ccc4[nH]3)nc2c1. The van der Waals surface area contributed by atoms with Gasteiger partial charge in [0.15, 0.2) is 0 Å². The molecule has 6 N–H and O–H groups in total. The molecule has 30 heavy (non-hydrogen) atoms. The molecule has 0 unspecified atom stereocenters. The summed E-state index contributed by atoms with van der Waals surface area (Å²) >= 11 is 0. The molecule has 0 aliphatic carbocycles. The van der Waals surface area contributed by atoms with Crippen LogP contribution in [0, 0.1) is 5.41 Å². The van der Waals surface area contributed by atoms with Crippen molar-refractivity contribution >= 4 is 38.1 Å². The summed E-state index contributed by atoms with van der Waals surface area (Å²) in [6.45, 7) is 0.181. The van der Waals surface area contributed by atoms with E-state index in [0.717, 1.165) is 43.6 Å². The van der Waals surface area contributed by atoms with Crippen LogP contribution in [0.4, 0.5) is 0 Å². The van der Waals surface area contributed by atoms with Gasteiger partial charge in [0.2, 0.25) is 0 Å². The van der Waals surface area contributed by atoms with Crippen molar-refractivity contribution < 1.29 is 8.42 Å². The van der Waals surface area contributed by atoms with E-state index >= 15 is 0 Å². The summed E-state index contributed by atoms with van der Waals surface area (Å²) in [4.78, 5) is 15.7. The van der Waals surface area contributed by atoms with Gasteiger partial charge in [0, 0.05) is 26.2 Å². The lowest BCUT2D eigenvalue weighted by molar-refractivity contribution is 0.505. The van der Waals surface area contributed by atoms with E-state index < -0.39 is 10.2 Å². The van der Waals surface area contributed by atoms with E-state index in [0.29, 0.717) is 12.0 Å². The fourth-order valence-corrected chi connectivity index (χ4v) is 3.68. The Morgan fingerprint density at radius 3 is 2.27 bits per heavy atom. The fourth-order valence-electron chi connectivity index (χ4n) is 3.07. The van der Waals surface area contributed by atoms with Crippen LogP contribution in [0.1, 0.15) is 22.8 Å². The quantitative estimate of drug-likeness (QED) is 0.222. The van der Waals surface area contributed by atoms with Crippen molar-refractivity contribution in [3.63, 3.8) is 0 Å². The lowest BCUT2D eigenvalue weighted by Crippen LogP contribution is -2.35. The van der Waals surface area contributed by atoms with Gasteiger partial charge in [0.1, 0.15) is 17.5 Å². The number of rotatable bonds is 7. The second kappa shape index (κ2) is 7.52. The highest BCUT2D eigenvalue weighted by Gasteiger charge is 2.13. The summed E-state index contributed by atoms with van der Waals surface area (Å²) in [5, 5.41) is 7.55. The van der Waals surface area contributed by atoms with E-state index in [1.165, 1.54) is 14.1 Å². The van der Waals surface area contributed by atoms with Crippen LogP contribution >= 0.6 is 0 Å². The molecule has 0 fully saturated rings. The van der Waals surface area contributed by atoms with E-state index in [2.05, 4.69) is 24.7 Å². The summed E-state index contributed by atoms with van der Waals surface area (Å²) in [5.74, 6) is 1.48. The van der Waals surface area contributed by atoms with Crippen molar-refractivity contribution in [1.29, 1.82) is 5.41 Å². The van der Waals surface area contributed by atoms with E-state index in [1.807, 2.05) is 24.3 Å². The number of nitrogen functional groups attached to an aromatic ring is 1. The minimum Gasteiger partial charge on any atom is -0.384 e. The van der Waals surface area contributed by atoms with Gasteiger partial charge in [0.25, 0.3) is 10.2 Å². The number of aromatic nitrogens is 4. The van der Waals surface area contributed by atoms with Crippen LogP contribution in [0.25, 0.3) is 22.1 Å². The van der Waals surface area contributed by atoms with Gasteiger partial charge in [0.05, 0.1) is 28.5 Å². The van der Waals surface area contributed by atoms with Gasteiger partial charge in [-0.2, -0.15) is 17.4 Å². The Hall–Kier alpha value is -3.28. The number of aromatic amines is 2. The average Bonchev–Trinajstić information content (AvgIpc) is 3.27. The van der Waals surface area contributed by atoms with Crippen molar-refractivity contribution in [1.82, 2.24) is 29.0 Å². The first kappa shape index (κ1) is 20.0. The number of nitrogens with zero attached hydrogens (tertiary/aromatic N) is 3. The monoisotopic (exact) mass is 426 g/mol. The van der Waals surface area contributed by atoms with E-state index in [4.69, 9.17) is 11.1 Å². The molecular weight excluding hydrogens is 404 g/mol. The molecule has 4 rings (SSSR count). The molecule has 0 aliphatic rings. The van der Waals surface area contributed by atoms with Crippen molar-refractivity contribution in [2.75, 3.05) is 14.1 Å². The predicted octanol–water partition coefficient (Wildman–Crippen LogP) is 1.21. The zero-order valence-corrected chi connectivity index (χ0v) is 17.3. The molecule has 0 bridgehead atoms. The number of H-pyrrole nitrogens is 2. The van der Waals surface area contributed by atoms with E-state index in [-0.39, 0.29) is 12.4 Å². The summed E-state index contributed by atoms with van der Waals surface area (Å²) in [6, 6.07) is 11.0. The molecule has 2 heterocycles. The number of nitrogens with two attached hydrogens (primary N) is 1. The van der Waals surface area contributed by atoms with Crippen LogP contribution in [-0.2, 0) is 23.2 Å². The van der Waals surface area contributed by atoms with Gasteiger partial charge in [-0.15, -0.1) is 0 Å². The molecule has 0 amide bonds. The van der Waals surface area contributed by atoms with Crippen LogP contribution in [0.15, 0.2) is 36.4 Å². The zero-order chi connectivity index (χ0) is 21.5. The molecular formula is C19H22N8O2S. The first-order valence-corrected chi connectivity index (χ1v) is 10.6. The maximum absolute atomic E-state index is 11.9. The number of hydrogen-bond acceptors (Lipinski definition) is 5. The van der Waals surface area contributed by atoms with Crippen LogP contribution in [0.3, 0.4) is 0 Å². The van der Waals surface area contributed by atoms with Gasteiger partial charge in [-0.1, -0.05) is 6.07 Å². The van der Waals surface area contributed by atoms with E-state index in [9.17, 15) is 8.42 Å². The van der Waals surface area contributed by atoms with Gasteiger partial charge < -0.3 is 15.7 Å². The summed E-state index contributed by atoms with van der Waals surface area (Å²) in [6.07, 6.45) is 0.474. The minimum absolute atomic E-state index is 0.00223. The standard InChI is InChI=1S/C19H22N8O2S/c1-27(2)30(28,29)22-10-11-3-5-13-15(7-11)25-17(23-13)9-18-24-14-6-4-12(19(20)21)8-16(14)26-18/h3-8,22H,9-10H2,1-2H3,(H3,20,21)(H,23,25)(H,24,26). The Balaban J connectivity index is 1.54. The Kier molecular flexibility index (Phi) is 5.02. The smallest absolute Gasteiger partial charge is 0.279 e. The lowest BCUT2D eigenvalue weighted by Gasteiger charge is -2.12. The van der Waals surface area contributed by atoms with Crippen LogP contribution in [0.5, 0.6) is 0 Å². The van der Waals surface area contributed by atoms with Crippen molar-refractivity contribution in [2.24, 2.45) is 5.73 Å². The molecule has 2 aromatic heterocycles. The third-order valence-corrected chi connectivity index (χ3v) is 6.18. The number of imidazole rings is 2.